The van der Waals surface area contributed by atoms with Gasteiger partial charge in [-0.15, -0.1) is 0 Å². The first-order valence-corrected chi connectivity index (χ1v) is 10.8. The summed E-state index contributed by atoms with van der Waals surface area (Å²) in [6, 6.07) is 9.03. The Balaban J connectivity index is 1.88. The van der Waals surface area contributed by atoms with Crippen LogP contribution in [0.2, 0.25) is 0 Å². The number of fused-ring (bicyclic) bond motifs is 2. The first-order chi connectivity index (χ1) is 17.3. The number of nitrogens with one attached hydrogen (secondary N) is 4. The highest BCUT2D eigenvalue weighted by Crippen LogP contribution is 2.36. The van der Waals surface area contributed by atoms with Crippen LogP contribution in [0.4, 0.5) is 11.4 Å². The van der Waals surface area contributed by atoms with Crippen LogP contribution in [0.5, 0.6) is 0 Å². The van der Waals surface area contributed by atoms with Crippen LogP contribution in [0, 0.1) is 0 Å². The zero-order chi connectivity index (χ0) is 26.2. The predicted octanol–water partition coefficient (Wildman–Crippen LogP) is -0.136. The van der Waals surface area contributed by atoms with Crippen LogP contribution in [-0.4, -0.2) is 75.7 Å². The summed E-state index contributed by atoms with van der Waals surface area (Å²) in [7, 11) is 2.43. The Morgan fingerprint density at radius 1 is 0.639 bits per heavy atom. The van der Waals surface area contributed by atoms with Crippen LogP contribution in [0.1, 0.15) is 31.8 Å². The van der Waals surface area contributed by atoms with Crippen molar-refractivity contribution in [2.75, 3.05) is 51.0 Å². The summed E-state index contributed by atoms with van der Waals surface area (Å²) in [6.45, 7) is -0.899. The third-order valence-corrected chi connectivity index (χ3v) is 5.19. The molecule has 3 rings (SSSR count). The highest BCUT2D eigenvalue weighted by Gasteiger charge is 2.34. The number of amides is 2. The van der Waals surface area contributed by atoms with E-state index in [2.05, 4.69) is 30.7 Å². The minimum Gasteiger partial charge on any atom is -0.468 e. The van der Waals surface area contributed by atoms with Crippen LogP contribution in [0.3, 0.4) is 0 Å². The Bertz CT molecular complexity index is 1150. The Morgan fingerprint density at radius 3 is 1.39 bits per heavy atom. The van der Waals surface area contributed by atoms with Crippen LogP contribution < -0.4 is 21.3 Å². The van der Waals surface area contributed by atoms with Gasteiger partial charge in [-0.25, -0.2) is 0 Å². The van der Waals surface area contributed by atoms with E-state index in [9.17, 15) is 28.8 Å². The summed E-state index contributed by atoms with van der Waals surface area (Å²) >= 11 is 0. The number of rotatable bonds is 10. The van der Waals surface area contributed by atoms with E-state index in [1.54, 1.807) is 12.1 Å². The van der Waals surface area contributed by atoms with Crippen molar-refractivity contribution in [2.24, 2.45) is 0 Å². The highest BCUT2D eigenvalue weighted by molar-refractivity contribution is 6.32. The number of ether oxygens (including phenoxy) is 2. The predicted molar refractivity (Wildman–Crippen MR) is 127 cm³/mol. The second kappa shape index (κ2) is 11.8. The van der Waals surface area contributed by atoms with Crippen LogP contribution in [0.25, 0.3) is 0 Å². The van der Waals surface area contributed by atoms with Crippen molar-refractivity contribution in [2.45, 2.75) is 0 Å². The van der Waals surface area contributed by atoms with Crippen LogP contribution in [-0.2, 0) is 28.7 Å². The molecule has 0 saturated carbocycles. The molecule has 0 heterocycles. The molecular weight excluding hydrogens is 472 g/mol. The van der Waals surface area contributed by atoms with Gasteiger partial charge in [0.15, 0.2) is 11.6 Å². The van der Waals surface area contributed by atoms with Gasteiger partial charge in [0.1, 0.15) is 0 Å². The maximum absolute atomic E-state index is 13.4. The number of benzene rings is 2. The lowest BCUT2D eigenvalue weighted by Crippen LogP contribution is -2.34. The molecule has 0 spiro atoms. The molecule has 0 atom stereocenters. The molecule has 0 bridgehead atoms. The second-order valence-corrected chi connectivity index (χ2v) is 7.57. The van der Waals surface area contributed by atoms with Gasteiger partial charge in [0.2, 0.25) is 11.8 Å². The van der Waals surface area contributed by atoms with Crippen molar-refractivity contribution >= 4 is 46.7 Å². The lowest BCUT2D eigenvalue weighted by molar-refractivity contribution is -0.140. The summed E-state index contributed by atoms with van der Waals surface area (Å²) in [5.41, 5.74) is 0.338. The number of ketones is 2. The Labute approximate surface area is 205 Å². The molecule has 0 aliphatic heterocycles. The minimum atomic E-state index is -0.566. The van der Waals surface area contributed by atoms with Crippen molar-refractivity contribution in [3.63, 3.8) is 0 Å². The van der Waals surface area contributed by atoms with Gasteiger partial charge in [-0.1, -0.05) is 24.3 Å². The number of esters is 2. The Hall–Kier alpha value is -4.42. The zero-order valence-corrected chi connectivity index (χ0v) is 19.6. The fraction of sp³-hybridized carbons (Fsp3) is 0.250. The molecule has 2 aromatic rings. The molecule has 2 amide bonds. The Morgan fingerprint density at radius 2 is 1.03 bits per heavy atom. The van der Waals surface area contributed by atoms with Gasteiger partial charge < -0.3 is 20.1 Å². The standard InChI is InChI=1S/C24H24N4O8/c1-35-19(31)11-25-9-17(29)27-15-7-8-16(28-18(30)10-26-12-20(32)36-2)22-21(15)23(33)13-5-3-4-6-14(13)24(22)34/h3-8,25-26H,9-12H2,1-2H3,(H,27,29)(H,28,30). The molecule has 0 aromatic heterocycles. The number of methoxy groups -OCH3 is 2. The van der Waals surface area contributed by atoms with Gasteiger partial charge in [0.25, 0.3) is 0 Å². The van der Waals surface area contributed by atoms with Crippen LogP contribution >= 0.6 is 0 Å². The van der Waals surface area contributed by atoms with Crippen molar-refractivity contribution in [1.29, 1.82) is 0 Å². The van der Waals surface area contributed by atoms with Gasteiger partial charge in [-0.3, -0.25) is 39.4 Å². The molecule has 36 heavy (non-hydrogen) atoms. The third kappa shape index (κ3) is 5.98. The third-order valence-electron chi connectivity index (χ3n) is 5.19. The minimum absolute atomic E-state index is 0.0691. The fourth-order valence-corrected chi connectivity index (χ4v) is 3.52. The average molecular weight is 496 g/mol. The fourth-order valence-electron chi connectivity index (χ4n) is 3.52. The molecule has 4 N–H and O–H groups in total. The number of hydrogen-bond donors (Lipinski definition) is 4. The molecular formula is C24H24N4O8. The van der Waals surface area contributed by atoms with Crippen molar-refractivity contribution in [1.82, 2.24) is 10.6 Å². The van der Waals surface area contributed by atoms with E-state index in [0.717, 1.165) is 0 Å². The summed E-state index contributed by atoms with van der Waals surface area (Å²) < 4.78 is 8.99. The molecule has 0 radical (unpaired) electrons. The SMILES string of the molecule is COC(=O)CNCC(=O)Nc1ccc(NC(=O)CNCC(=O)OC)c2c1C(=O)c1ccccc1C2=O. The Kier molecular flexibility index (Phi) is 8.60. The molecule has 0 fully saturated rings. The molecule has 12 nitrogen and oxygen atoms in total. The maximum atomic E-state index is 13.4. The molecule has 0 saturated heterocycles. The van der Waals surface area contributed by atoms with Gasteiger partial charge >= 0.3 is 11.9 Å². The zero-order valence-electron chi connectivity index (χ0n) is 19.6. The lowest BCUT2D eigenvalue weighted by atomic mass is 9.82. The van der Waals surface area contributed by atoms with Crippen molar-refractivity contribution in [3.05, 3.63) is 58.7 Å². The lowest BCUT2D eigenvalue weighted by Gasteiger charge is -2.23. The first kappa shape index (κ1) is 26.2. The molecule has 12 heteroatoms. The molecule has 1 aliphatic rings. The largest absolute Gasteiger partial charge is 0.468 e. The number of anilines is 2. The first-order valence-electron chi connectivity index (χ1n) is 10.8. The molecule has 1 aliphatic carbocycles. The quantitative estimate of drug-likeness (QED) is 0.277. The monoisotopic (exact) mass is 496 g/mol. The van der Waals surface area contributed by atoms with E-state index >= 15 is 0 Å². The van der Waals surface area contributed by atoms with E-state index in [0.29, 0.717) is 0 Å². The summed E-state index contributed by atoms with van der Waals surface area (Å²) in [5, 5.41) is 10.4. The smallest absolute Gasteiger partial charge is 0.319 e. The van der Waals surface area contributed by atoms with E-state index < -0.39 is 35.3 Å². The molecule has 188 valence electrons. The normalized spacial score (nSPS) is 11.7. The summed E-state index contributed by atoms with van der Waals surface area (Å²) in [6.07, 6.45) is 0. The van der Waals surface area contributed by atoms with Crippen molar-refractivity contribution < 1.29 is 38.2 Å². The second-order valence-electron chi connectivity index (χ2n) is 7.57. The highest BCUT2D eigenvalue weighted by atomic mass is 16.5. The van der Waals surface area contributed by atoms with Gasteiger partial charge in [-0.05, 0) is 12.1 Å². The number of carbonyl (C=O) groups is 6. The summed E-state index contributed by atoms with van der Waals surface area (Å²) in [5.74, 6) is -3.25. The van der Waals surface area contributed by atoms with E-state index in [1.165, 1.54) is 38.5 Å². The molecule has 2 aromatic carbocycles. The van der Waals surface area contributed by atoms with Gasteiger partial charge in [-0.2, -0.15) is 0 Å². The number of hydrogen-bond acceptors (Lipinski definition) is 10. The topological polar surface area (TPSA) is 169 Å². The molecule has 0 unspecified atom stereocenters. The number of carbonyl (C=O) groups excluding carboxylic acids is 6. The van der Waals surface area contributed by atoms with Gasteiger partial charge in [0, 0.05) is 11.1 Å². The van der Waals surface area contributed by atoms with E-state index in [-0.39, 0.29) is 59.8 Å². The van der Waals surface area contributed by atoms with Crippen molar-refractivity contribution in [3.8, 4) is 0 Å². The maximum Gasteiger partial charge on any atom is 0.319 e. The van der Waals surface area contributed by atoms with Gasteiger partial charge in [0.05, 0.1) is 62.9 Å². The van der Waals surface area contributed by atoms with E-state index in [4.69, 9.17) is 0 Å². The van der Waals surface area contributed by atoms with E-state index in [1.807, 2.05) is 0 Å². The van der Waals surface area contributed by atoms with Crippen LogP contribution in [0.15, 0.2) is 36.4 Å². The average Bonchev–Trinajstić information content (AvgIpc) is 2.87. The summed E-state index contributed by atoms with van der Waals surface area (Å²) in [4.78, 5) is 74.0.